The first-order chi connectivity index (χ1) is 9.47. The predicted molar refractivity (Wildman–Crippen MR) is 87.4 cm³/mol. The summed E-state index contributed by atoms with van der Waals surface area (Å²) in [5, 5.41) is 6.64. The van der Waals surface area contributed by atoms with E-state index in [9.17, 15) is 4.79 Å². The van der Waals surface area contributed by atoms with E-state index in [4.69, 9.17) is 0 Å². The van der Waals surface area contributed by atoms with Crippen LogP contribution in [-0.2, 0) is 4.79 Å². The van der Waals surface area contributed by atoms with Gasteiger partial charge in [-0.2, -0.15) is 11.8 Å². The highest BCUT2D eigenvalue weighted by Crippen LogP contribution is 2.36. The van der Waals surface area contributed by atoms with Gasteiger partial charge in [0.15, 0.2) is 5.96 Å². The Bertz CT molecular complexity index is 338. The maximum Gasteiger partial charge on any atom is 0.243 e. The van der Waals surface area contributed by atoms with E-state index in [0.717, 1.165) is 25.5 Å². The molecule has 116 valence electrons. The summed E-state index contributed by atoms with van der Waals surface area (Å²) in [5.41, 5.74) is 0. The summed E-state index contributed by atoms with van der Waals surface area (Å²) in [6.07, 6.45) is 3.56. The maximum atomic E-state index is 11.6. The standard InChI is InChI=1S/C14H28N4OS/c1-5-8-15-13(16-10-12(19)18(3)4)17-11-14(2)7-6-9-20-14/h5-11H2,1-4H3,(H2,15,16,17). The number of guanidine groups is 1. The summed E-state index contributed by atoms with van der Waals surface area (Å²) in [4.78, 5) is 17.5. The maximum absolute atomic E-state index is 11.6. The topological polar surface area (TPSA) is 56.7 Å². The van der Waals surface area contributed by atoms with Crippen LogP contribution in [0.3, 0.4) is 0 Å². The number of carbonyl (C=O) groups is 1. The Labute approximate surface area is 127 Å². The monoisotopic (exact) mass is 300 g/mol. The van der Waals surface area contributed by atoms with Gasteiger partial charge in [-0.15, -0.1) is 0 Å². The molecule has 1 fully saturated rings. The highest BCUT2D eigenvalue weighted by Gasteiger charge is 2.29. The third kappa shape index (κ3) is 6.03. The molecule has 1 aliphatic rings. The number of nitrogens with zero attached hydrogens (tertiary/aromatic N) is 2. The van der Waals surface area contributed by atoms with Crippen molar-refractivity contribution in [3.63, 3.8) is 0 Å². The lowest BCUT2D eigenvalue weighted by atomic mass is 10.1. The second-order valence-electron chi connectivity index (χ2n) is 5.64. The quantitative estimate of drug-likeness (QED) is 0.573. The van der Waals surface area contributed by atoms with Crippen LogP contribution in [-0.4, -0.2) is 61.0 Å². The highest BCUT2D eigenvalue weighted by molar-refractivity contribution is 8.00. The molecule has 0 aliphatic carbocycles. The van der Waals surface area contributed by atoms with Crippen LogP contribution in [0.4, 0.5) is 0 Å². The second kappa shape index (κ2) is 8.39. The fraction of sp³-hybridized carbons (Fsp3) is 0.857. The molecule has 6 heteroatoms. The van der Waals surface area contributed by atoms with Crippen molar-refractivity contribution >= 4 is 23.6 Å². The zero-order valence-electron chi connectivity index (χ0n) is 13.2. The smallest absolute Gasteiger partial charge is 0.243 e. The Morgan fingerprint density at radius 1 is 1.40 bits per heavy atom. The fourth-order valence-corrected chi connectivity index (χ4v) is 3.20. The summed E-state index contributed by atoms with van der Waals surface area (Å²) in [5.74, 6) is 2.01. The predicted octanol–water partition coefficient (Wildman–Crippen LogP) is 1.31. The minimum Gasteiger partial charge on any atom is -0.356 e. The number of likely N-dealkylation sites (N-methyl/N-ethyl adjacent to an activating group) is 1. The van der Waals surface area contributed by atoms with Crippen molar-refractivity contribution in [2.24, 2.45) is 4.99 Å². The van der Waals surface area contributed by atoms with Gasteiger partial charge >= 0.3 is 0 Å². The van der Waals surface area contributed by atoms with E-state index in [1.54, 1.807) is 19.0 Å². The van der Waals surface area contributed by atoms with Gasteiger partial charge in [-0.25, -0.2) is 4.99 Å². The molecule has 1 saturated heterocycles. The first-order valence-corrected chi connectivity index (χ1v) is 8.32. The Hall–Kier alpha value is -0.910. The molecule has 1 aliphatic heterocycles. The van der Waals surface area contributed by atoms with Crippen LogP contribution in [0.25, 0.3) is 0 Å². The van der Waals surface area contributed by atoms with Crippen molar-refractivity contribution < 1.29 is 4.79 Å². The van der Waals surface area contributed by atoms with Crippen molar-refractivity contribution in [2.75, 3.05) is 39.5 Å². The Morgan fingerprint density at radius 2 is 2.15 bits per heavy atom. The van der Waals surface area contributed by atoms with Crippen LogP contribution in [0.15, 0.2) is 4.99 Å². The zero-order valence-corrected chi connectivity index (χ0v) is 14.0. The molecule has 1 unspecified atom stereocenters. The van der Waals surface area contributed by atoms with Crippen LogP contribution >= 0.6 is 11.8 Å². The van der Waals surface area contributed by atoms with Gasteiger partial charge in [-0.1, -0.05) is 6.92 Å². The van der Waals surface area contributed by atoms with Gasteiger partial charge in [0.1, 0.15) is 6.54 Å². The molecule has 20 heavy (non-hydrogen) atoms. The van der Waals surface area contributed by atoms with Gasteiger partial charge in [0.05, 0.1) is 0 Å². The van der Waals surface area contributed by atoms with Gasteiger partial charge in [0.25, 0.3) is 0 Å². The lowest BCUT2D eigenvalue weighted by Crippen LogP contribution is -2.44. The largest absolute Gasteiger partial charge is 0.356 e. The van der Waals surface area contributed by atoms with Crippen LogP contribution in [0.5, 0.6) is 0 Å². The number of rotatable bonds is 6. The van der Waals surface area contributed by atoms with Crippen LogP contribution in [0.2, 0.25) is 0 Å². The average molecular weight is 300 g/mol. The van der Waals surface area contributed by atoms with Gasteiger partial charge in [0, 0.05) is 31.9 Å². The lowest BCUT2D eigenvalue weighted by molar-refractivity contribution is -0.127. The lowest BCUT2D eigenvalue weighted by Gasteiger charge is -2.24. The summed E-state index contributed by atoms with van der Waals surface area (Å²) in [6.45, 7) is 6.36. The summed E-state index contributed by atoms with van der Waals surface area (Å²) < 4.78 is 0.292. The van der Waals surface area contributed by atoms with E-state index in [0.29, 0.717) is 4.75 Å². The van der Waals surface area contributed by atoms with Gasteiger partial charge in [0.2, 0.25) is 5.91 Å². The van der Waals surface area contributed by atoms with Crippen LogP contribution in [0, 0.1) is 0 Å². The molecular formula is C14H28N4OS. The average Bonchev–Trinajstić information content (AvgIpc) is 2.84. The van der Waals surface area contributed by atoms with Crippen LogP contribution < -0.4 is 10.6 Å². The Balaban J connectivity index is 2.50. The summed E-state index contributed by atoms with van der Waals surface area (Å²) >= 11 is 2.02. The third-order valence-corrected chi connectivity index (χ3v) is 4.88. The molecule has 2 N–H and O–H groups in total. The molecule has 5 nitrogen and oxygen atoms in total. The fourth-order valence-electron chi connectivity index (χ4n) is 1.95. The molecule has 0 aromatic rings. The number of hydrogen-bond acceptors (Lipinski definition) is 3. The van der Waals surface area contributed by atoms with Gasteiger partial charge < -0.3 is 15.5 Å². The molecule has 1 rings (SSSR count). The number of carbonyl (C=O) groups excluding carboxylic acids is 1. The summed E-state index contributed by atoms with van der Waals surface area (Å²) in [6, 6.07) is 0. The van der Waals surface area contributed by atoms with E-state index in [1.807, 2.05) is 11.8 Å². The number of aliphatic imine (C=N–C) groups is 1. The molecule has 0 spiro atoms. The minimum absolute atomic E-state index is 0.0176. The first-order valence-electron chi connectivity index (χ1n) is 7.33. The zero-order chi connectivity index (χ0) is 15.0. The molecule has 0 aromatic carbocycles. The summed E-state index contributed by atoms with van der Waals surface area (Å²) in [7, 11) is 3.50. The van der Waals surface area contributed by atoms with Gasteiger partial charge in [-0.05, 0) is 31.9 Å². The molecule has 0 saturated carbocycles. The third-order valence-electron chi connectivity index (χ3n) is 3.34. The van der Waals surface area contributed by atoms with E-state index in [-0.39, 0.29) is 12.5 Å². The Morgan fingerprint density at radius 3 is 2.70 bits per heavy atom. The normalized spacial score (nSPS) is 22.7. The van der Waals surface area contributed by atoms with Crippen molar-refractivity contribution in [3.8, 4) is 0 Å². The number of nitrogens with one attached hydrogen (secondary N) is 2. The highest BCUT2D eigenvalue weighted by atomic mass is 32.2. The molecule has 0 bridgehead atoms. The molecule has 1 heterocycles. The van der Waals surface area contributed by atoms with Crippen molar-refractivity contribution in [1.82, 2.24) is 15.5 Å². The van der Waals surface area contributed by atoms with E-state index < -0.39 is 0 Å². The van der Waals surface area contributed by atoms with Crippen molar-refractivity contribution in [3.05, 3.63) is 0 Å². The second-order valence-corrected chi connectivity index (χ2v) is 7.32. The molecular weight excluding hydrogens is 272 g/mol. The van der Waals surface area contributed by atoms with Crippen molar-refractivity contribution in [1.29, 1.82) is 0 Å². The van der Waals surface area contributed by atoms with Crippen molar-refractivity contribution in [2.45, 2.75) is 37.9 Å². The molecule has 1 atom stereocenters. The van der Waals surface area contributed by atoms with E-state index in [2.05, 4.69) is 29.5 Å². The molecule has 0 aromatic heterocycles. The molecule has 1 amide bonds. The Kier molecular flexibility index (Phi) is 7.19. The number of thioether (sulfide) groups is 1. The number of hydrogen-bond donors (Lipinski definition) is 2. The SMILES string of the molecule is CCCNC(=NCC(=O)N(C)C)NCC1(C)CCCS1. The minimum atomic E-state index is 0.0176. The van der Waals surface area contributed by atoms with Gasteiger partial charge in [-0.3, -0.25) is 4.79 Å². The molecule has 0 radical (unpaired) electrons. The van der Waals surface area contributed by atoms with E-state index in [1.165, 1.54) is 18.6 Å². The number of amides is 1. The van der Waals surface area contributed by atoms with Crippen LogP contribution in [0.1, 0.15) is 33.1 Å². The first kappa shape index (κ1) is 17.1. The van der Waals surface area contributed by atoms with E-state index >= 15 is 0 Å².